The number of rotatable bonds is 3. The summed E-state index contributed by atoms with van der Waals surface area (Å²) in [5.41, 5.74) is 6.10. The van der Waals surface area contributed by atoms with Crippen LogP contribution < -0.4 is 11.1 Å². The van der Waals surface area contributed by atoms with Crippen LogP contribution in [0.3, 0.4) is 0 Å². The van der Waals surface area contributed by atoms with Crippen molar-refractivity contribution in [1.29, 1.82) is 0 Å². The van der Waals surface area contributed by atoms with Gasteiger partial charge in [-0.1, -0.05) is 0 Å². The lowest BCUT2D eigenvalue weighted by atomic mass is 9.86. The van der Waals surface area contributed by atoms with E-state index >= 15 is 0 Å². The topological polar surface area (TPSA) is 99.2 Å². The summed E-state index contributed by atoms with van der Waals surface area (Å²) in [6, 6.07) is 1.55. The van der Waals surface area contributed by atoms with Crippen molar-refractivity contribution in [3.63, 3.8) is 0 Å². The van der Waals surface area contributed by atoms with Crippen LogP contribution in [0.1, 0.15) is 59.0 Å². The second-order valence-electron chi connectivity index (χ2n) is 7.20. The molecule has 3 rings (SSSR count). The lowest BCUT2D eigenvalue weighted by molar-refractivity contribution is -0.135. The Kier molecular flexibility index (Phi) is 4.00. The number of hydrogen-bond donors (Lipinski definition) is 2. The Morgan fingerprint density at radius 3 is 2.64 bits per heavy atom. The molecular formula is C17H21N4O3S. The fraction of sp³-hybridized carbons (Fsp3) is 0.412. The normalized spacial score (nSPS) is 17.8. The van der Waals surface area contributed by atoms with Crippen LogP contribution in [-0.4, -0.2) is 27.2 Å². The molecule has 2 amide bonds. The van der Waals surface area contributed by atoms with Crippen LogP contribution in [0.25, 0.3) is 0 Å². The molecule has 0 aromatic carbocycles. The average molecular weight is 361 g/mol. The summed E-state index contributed by atoms with van der Waals surface area (Å²) in [7, 11) is 3.64. The lowest BCUT2D eigenvalue weighted by Crippen LogP contribution is -2.42. The van der Waals surface area contributed by atoms with Gasteiger partial charge >= 0.3 is 0 Å². The van der Waals surface area contributed by atoms with Crippen molar-refractivity contribution in [3.8, 4) is 0 Å². The van der Waals surface area contributed by atoms with Crippen LogP contribution in [0.2, 0.25) is 0 Å². The van der Waals surface area contributed by atoms with Crippen molar-refractivity contribution in [2.24, 2.45) is 5.73 Å². The zero-order valence-corrected chi connectivity index (χ0v) is 15.5. The molecule has 2 aromatic heterocycles. The third-order valence-corrected chi connectivity index (χ3v) is 5.56. The summed E-state index contributed by atoms with van der Waals surface area (Å²) in [4.78, 5) is 25.5. The molecule has 3 N–H and O–H groups in total. The molecule has 0 unspecified atom stereocenters. The maximum atomic E-state index is 12.5. The van der Waals surface area contributed by atoms with Gasteiger partial charge in [-0.3, -0.25) is 14.3 Å². The lowest BCUT2D eigenvalue weighted by Gasteiger charge is -2.41. The summed E-state index contributed by atoms with van der Waals surface area (Å²) in [5, 5.41) is 7.09. The van der Waals surface area contributed by atoms with Crippen LogP contribution in [0.4, 0.5) is 5.00 Å². The van der Waals surface area contributed by atoms with Crippen LogP contribution in [0.5, 0.6) is 0 Å². The number of thiophene rings is 1. The maximum absolute atomic E-state index is 12.5. The number of nitrogens with two attached hydrogens (primary N) is 1. The van der Waals surface area contributed by atoms with Gasteiger partial charge in [0.05, 0.1) is 23.8 Å². The second-order valence-corrected chi connectivity index (χ2v) is 8.22. The van der Waals surface area contributed by atoms with Gasteiger partial charge in [0.15, 0.2) is 0 Å². The molecule has 1 aliphatic heterocycles. The molecule has 7 nitrogen and oxygen atoms in total. The highest BCUT2D eigenvalue weighted by molar-refractivity contribution is 7.17. The molecule has 0 spiro atoms. The Morgan fingerprint density at radius 1 is 1.40 bits per heavy atom. The quantitative estimate of drug-likeness (QED) is 0.877. The predicted octanol–water partition coefficient (Wildman–Crippen LogP) is 2.52. The minimum absolute atomic E-state index is 0.289. The molecule has 0 bridgehead atoms. The number of anilines is 1. The van der Waals surface area contributed by atoms with Crippen molar-refractivity contribution in [1.82, 2.24) is 9.78 Å². The van der Waals surface area contributed by atoms with Crippen molar-refractivity contribution < 1.29 is 14.3 Å². The SMILES string of the molecule is [CH2]n1nccc1C(=O)Nc1sc2c(c1C(N)=O)CC(C)(C)OC2(C)C. The van der Waals surface area contributed by atoms with Crippen molar-refractivity contribution in [2.45, 2.75) is 45.3 Å². The summed E-state index contributed by atoms with van der Waals surface area (Å²) >= 11 is 1.32. The number of ether oxygens (including phenoxy) is 1. The van der Waals surface area contributed by atoms with Gasteiger partial charge in [-0.15, -0.1) is 11.3 Å². The maximum Gasteiger partial charge on any atom is 0.274 e. The zero-order chi connectivity index (χ0) is 18.6. The number of fused-ring (bicyclic) bond motifs is 1. The Bertz CT molecular complexity index is 863. The molecule has 0 saturated heterocycles. The number of carbonyl (C=O) groups is 2. The Morgan fingerprint density at radius 2 is 2.08 bits per heavy atom. The number of amides is 2. The van der Waals surface area contributed by atoms with E-state index in [0.717, 1.165) is 10.4 Å². The molecule has 1 aliphatic rings. The number of hydrogen-bond acceptors (Lipinski definition) is 5. The largest absolute Gasteiger partial charge is 0.365 e. The van der Waals surface area contributed by atoms with E-state index in [1.165, 1.54) is 22.2 Å². The third-order valence-electron chi connectivity index (χ3n) is 4.11. The number of nitrogens with one attached hydrogen (secondary N) is 1. The Labute approximate surface area is 150 Å². The van der Waals surface area contributed by atoms with E-state index in [2.05, 4.69) is 17.5 Å². The smallest absolute Gasteiger partial charge is 0.274 e. The number of aromatic nitrogens is 2. The van der Waals surface area contributed by atoms with E-state index in [0.29, 0.717) is 17.0 Å². The first-order chi connectivity index (χ1) is 11.5. The van der Waals surface area contributed by atoms with E-state index in [9.17, 15) is 9.59 Å². The van der Waals surface area contributed by atoms with E-state index in [-0.39, 0.29) is 5.69 Å². The molecular weight excluding hydrogens is 340 g/mol. The fourth-order valence-corrected chi connectivity index (χ4v) is 4.62. The first kappa shape index (κ1) is 17.6. The van der Waals surface area contributed by atoms with Crippen LogP contribution in [0, 0.1) is 7.05 Å². The highest BCUT2D eigenvalue weighted by Crippen LogP contribution is 2.48. The summed E-state index contributed by atoms with van der Waals surface area (Å²) in [6.45, 7) is 7.84. The predicted molar refractivity (Wildman–Crippen MR) is 95.7 cm³/mol. The second kappa shape index (κ2) is 5.67. The number of nitrogens with zero attached hydrogens (tertiary/aromatic N) is 2. The summed E-state index contributed by atoms with van der Waals surface area (Å²) in [6.07, 6.45) is 2.03. The van der Waals surface area contributed by atoms with Crippen LogP contribution in [-0.2, 0) is 16.8 Å². The number of carbonyl (C=O) groups excluding carboxylic acids is 2. The number of primary amides is 1. The Hall–Kier alpha value is -2.19. The van der Waals surface area contributed by atoms with E-state index < -0.39 is 23.0 Å². The van der Waals surface area contributed by atoms with Crippen LogP contribution in [0.15, 0.2) is 12.3 Å². The molecule has 25 heavy (non-hydrogen) atoms. The standard InChI is InChI=1S/C17H21N4O3S/c1-16(2)8-9-11(13(18)22)15(25-12(9)17(3,4)24-16)20-14(23)10-6-7-19-21(10)5/h6-7H,5,8H2,1-4H3,(H2,18,22)(H,20,23). The summed E-state index contributed by atoms with van der Waals surface area (Å²) in [5.74, 6) is -0.962. The van der Waals surface area contributed by atoms with Crippen molar-refractivity contribution >= 4 is 28.2 Å². The van der Waals surface area contributed by atoms with E-state index in [1.54, 1.807) is 6.07 Å². The van der Waals surface area contributed by atoms with Crippen molar-refractivity contribution in [2.75, 3.05) is 5.32 Å². The molecule has 3 heterocycles. The molecule has 133 valence electrons. The van der Waals surface area contributed by atoms with Crippen molar-refractivity contribution in [3.05, 3.63) is 41.0 Å². The van der Waals surface area contributed by atoms with Crippen LogP contribution >= 0.6 is 11.3 Å². The molecule has 0 fully saturated rings. The van der Waals surface area contributed by atoms with E-state index in [1.807, 2.05) is 27.7 Å². The first-order valence-corrected chi connectivity index (χ1v) is 8.66. The van der Waals surface area contributed by atoms with Gasteiger partial charge in [-0.2, -0.15) is 5.10 Å². The molecule has 0 saturated carbocycles. The summed E-state index contributed by atoms with van der Waals surface area (Å²) < 4.78 is 7.38. The third kappa shape index (κ3) is 3.07. The average Bonchev–Trinajstić information content (AvgIpc) is 3.00. The van der Waals surface area contributed by atoms with Gasteiger partial charge < -0.3 is 15.8 Å². The zero-order valence-electron chi connectivity index (χ0n) is 14.7. The van der Waals surface area contributed by atoms with Gasteiger partial charge in [0.2, 0.25) is 0 Å². The van der Waals surface area contributed by atoms with E-state index in [4.69, 9.17) is 10.5 Å². The van der Waals surface area contributed by atoms with Gasteiger partial charge in [0.25, 0.3) is 11.8 Å². The molecule has 2 aromatic rings. The molecule has 1 radical (unpaired) electrons. The Balaban J connectivity index is 2.07. The first-order valence-electron chi connectivity index (χ1n) is 7.84. The molecule has 0 atom stereocenters. The minimum atomic E-state index is -0.580. The monoisotopic (exact) mass is 361 g/mol. The highest BCUT2D eigenvalue weighted by atomic mass is 32.1. The fourth-order valence-electron chi connectivity index (χ4n) is 3.36. The van der Waals surface area contributed by atoms with Gasteiger partial charge in [-0.25, -0.2) is 0 Å². The molecule has 8 heteroatoms. The molecule has 0 aliphatic carbocycles. The van der Waals surface area contributed by atoms with Gasteiger partial charge in [-0.05, 0) is 39.3 Å². The minimum Gasteiger partial charge on any atom is -0.365 e. The highest BCUT2D eigenvalue weighted by Gasteiger charge is 2.42. The van der Waals surface area contributed by atoms with Gasteiger partial charge in [0.1, 0.15) is 10.7 Å². The van der Waals surface area contributed by atoms with Gasteiger partial charge in [0, 0.05) is 17.5 Å².